The van der Waals surface area contributed by atoms with Crippen LogP contribution in [0.25, 0.3) is 0 Å². The molecule has 1 rings (SSSR count). The zero-order chi connectivity index (χ0) is 8.27. The third kappa shape index (κ3) is 2.96. The van der Waals surface area contributed by atoms with Crippen molar-refractivity contribution in [3.05, 3.63) is 18.3 Å². The van der Waals surface area contributed by atoms with Crippen LogP contribution in [0, 0.1) is 0 Å². The largest absolute Gasteiger partial charge is 0.487 e. The first kappa shape index (κ1) is 11.0. The first-order chi connectivity index (χ1) is 5.20. The number of aromatic nitrogens is 1. The second-order valence-corrected chi connectivity index (χ2v) is 2.55. The van der Waals surface area contributed by atoms with Gasteiger partial charge in [0.25, 0.3) is 0 Å². The molecule has 0 bridgehead atoms. The number of rotatable bonds is 2. The number of hydrogen-bond acceptors (Lipinski definition) is 3. The number of pyridine rings is 1. The fraction of sp³-hybridized carbons (Fsp3) is 0.375. The molecule has 0 aliphatic carbocycles. The lowest BCUT2D eigenvalue weighted by Crippen LogP contribution is -2.07. The predicted octanol–water partition coefficient (Wildman–Crippen LogP) is 1.87. The average molecular weight is 189 g/mol. The van der Waals surface area contributed by atoms with Crippen LogP contribution in [0.3, 0.4) is 0 Å². The quantitative estimate of drug-likeness (QED) is 0.771. The summed E-state index contributed by atoms with van der Waals surface area (Å²) in [6.07, 6.45) is 1.78. The van der Waals surface area contributed by atoms with E-state index in [0.717, 1.165) is 0 Å². The normalized spacial score (nSPS) is 9.25. The van der Waals surface area contributed by atoms with Crippen molar-refractivity contribution in [2.24, 2.45) is 0 Å². The van der Waals surface area contributed by atoms with E-state index < -0.39 is 0 Å². The van der Waals surface area contributed by atoms with E-state index in [1.807, 2.05) is 19.9 Å². The topological polar surface area (TPSA) is 48.1 Å². The van der Waals surface area contributed by atoms with Gasteiger partial charge in [-0.05, 0) is 26.0 Å². The van der Waals surface area contributed by atoms with Gasteiger partial charge in [0.15, 0.2) is 11.6 Å². The van der Waals surface area contributed by atoms with Crippen molar-refractivity contribution in [1.82, 2.24) is 4.98 Å². The maximum Gasteiger partial charge on any atom is 0.166 e. The van der Waals surface area contributed by atoms with Crippen LogP contribution in [0.4, 0.5) is 5.82 Å². The molecule has 0 unspecified atom stereocenters. The van der Waals surface area contributed by atoms with E-state index in [1.54, 1.807) is 12.3 Å². The van der Waals surface area contributed by atoms with E-state index in [1.165, 1.54) is 0 Å². The van der Waals surface area contributed by atoms with Crippen molar-refractivity contribution in [2.75, 3.05) is 5.73 Å². The molecule has 0 saturated heterocycles. The summed E-state index contributed by atoms with van der Waals surface area (Å²) in [5.74, 6) is 1.10. The Hall–Kier alpha value is -0.960. The lowest BCUT2D eigenvalue weighted by Gasteiger charge is -2.09. The summed E-state index contributed by atoms with van der Waals surface area (Å²) in [6, 6.07) is 3.61. The van der Waals surface area contributed by atoms with E-state index in [2.05, 4.69) is 4.98 Å². The molecule has 0 spiro atoms. The average Bonchev–Trinajstić information content (AvgIpc) is 1.93. The molecule has 0 aromatic carbocycles. The number of nitrogens with zero attached hydrogens (tertiary/aromatic N) is 1. The Bertz CT molecular complexity index is 240. The zero-order valence-corrected chi connectivity index (χ0v) is 7.97. The molecule has 2 N–H and O–H groups in total. The number of anilines is 1. The van der Waals surface area contributed by atoms with Crippen LogP contribution < -0.4 is 10.5 Å². The number of nitrogens with two attached hydrogens (primary N) is 1. The highest BCUT2D eigenvalue weighted by atomic mass is 35.5. The summed E-state index contributed by atoms with van der Waals surface area (Å²) >= 11 is 0. The van der Waals surface area contributed by atoms with E-state index in [9.17, 15) is 0 Å². The number of halogens is 1. The Balaban J connectivity index is 0.00000121. The highest BCUT2D eigenvalue weighted by Crippen LogP contribution is 2.17. The zero-order valence-electron chi connectivity index (χ0n) is 7.15. The van der Waals surface area contributed by atoms with Gasteiger partial charge >= 0.3 is 0 Å². The maximum atomic E-state index is 5.53. The highest BCUT2D eigenvalue weighted by Gasteiger charge is 2.00. The van der Waals surface area contributed by atoms with E-state index in [4.69, 9.17) is 10.5 Å². The van der Waals surface area contributed by atoms with E-state index in [0.29, 0.717) is 11.6 Å². The van der Waals surface area contributed by atoms with Gasteiger partial charge in [0.2, 0.25) is 0 Å². The molecule has 1 aromatic rings. The Morgan fingerprint density at radius 1 is 1.50 bits per heavy atom. The van der Waals surface area contributed by atoms with Crippen LogP contribution in [0.15, 0.2) is 18.3 Å². The van der Waals surface area contributed by atoms with Crippen molar-refractivity contribution in [3.63, 3.8) is 0 Å². The van der Waals surface area contributed by atoms with Crippen LogP contribution in [-0.2, 0) is 0 Å². The number of hydrogen-bond donors (Lipinski definition) is 1. The fourth-order valence-corrected chi connectivity index (χ4v) is 0.756. The van der Waals surface area contributed by atoms with Gasteiger partial charge in [-0.25, -0.2) is 4.98 Å². The molecule has 1 heterocycles. The Labute approximate surface area is 78.4 Å². The molecule has 68 valence electrons. The van der Waals surface area contributed by atoms with Gasteiger partial charge in [-0.2, -0.15) is 0 Å². The summed E-state index contributed by atoms with van der Waals surface area (Å²) < 4.78 is 5.36. The van der Waals surface area contributed by atoms with Gasteiger partial charge in [0.05, 0.1) is 6.10 Å². The third-order valence-electron chi connectivity index (χ3n) is 1.16. The van der Waals surface area contributed by atoms with E-state index >= 15 is 0 Å². The van der Waals surface area contributed by atoms with E-state index in [-0.39, 0.29) is 18.5 Å². The molecule has 12 heavy (non-hydrogen) atoms. The van der Waals surface area contributed by atoms with Gasteiger partial charge in [-0.1, -0.05) is 0 Å². The summed E-state index contributed by atoms with van der Waals surface area (Å²) in [5, 5.41) is 0. The molecule has 0 saturated carbocycles. The molecule has 4 heteroatoms. The van der Waals surface area contributed by atoms with Gasteiger partial charge in [0.1, 0.15) is 0 Å². The second-order valence-electron chi connectivity index (χ2n) is 2.55. The van der Waals surface area contributed by atoms with Crippen molar-refractivity contribution < 1.29 is 4.74 Å². The molecule has 0 aliphatic heterocycles. The summed E-state index contributed by atoms with van der Waals surface area (Å²) in [7, 11) is 0. The van der Waals surface area contributed by atoms with Crippen molar-refractivity contribution >= 4 is 18.2 Å². The standard InChI is InChI=1S/C8H12N2O.ClH/c1-6(2)11-7-4-3-5-10-8(7)9;/h3-6H,1-2H3,(H2,9,10);1H. The summed E-state index contributed by atoms with van der Waals surface area (Å²) in [5.41, 5.74) is 5.53. The maximum absolute atomic E-state index is 5.53. The molecule has 0 atom stereocenters. The minimum Gasteiger partial charge on any atom is -0.487 e. The van der Waals surface area contributed by atoms with Crippen molar-refractivity contribution in [3.8, 4) is 5.75 Å². The van der Waals surface area contributed by atoms with Crippen molar-refractivity contribution in [1.29, 1.82) is 0 Å². The summed E-state index contributed by atoms with van der Waals surface area (Å²) in [4.78, 5) is 3.88. The fourth-order valence-electron chi connectivity index (χ4n) is 0.756. The molecule has 0 amide bonds. The molecule has 0 radical (unpaired) electrons. The molecule has 3 nitrogen and oxygen atoms in total. The lowest BCUT2D eigenvalue weighted by molar-refractivity contribution is 0.243. The highest BCUT2D eigenvalue weighted by molar-refractivity contribution is 5.85. The predicted molar refractivity (Wildman–Crippen MR) is 51.7 cm³/mol. The van der Waals surface area contributed by atoms with Gasteiger partial charge in [0, 0.05) is 6.20 Å². The molecular formula is C8H13ClN2O. The van der Waals surface area contributed by atoms with Crippen LogP contribution >= 0.6 is 12.4 Å². The van der Waals surface area contributed by atoms with Gasteiger partial charge in [-0.15, -0.1) is 12.4 Å². The number of nitrogen functional groups attached to an aromatic ring is 1. The first-order valence-corrected chi connectivity index (χ1v) is 3.57. The molecule has 1 aromatic heterocycles. The van der Waals surface area contributed by atoms with Gasteiger partial charge < -0.3 is 10.5 Å². The Morgan fingerprint density at radius 2 is 2.17 bits per heavy atom. The SMILES string of the molecule is CC(C)Oc1cccnc1N.Cl. The molecular weight excluding hydrogens is 176 g/mol. The van der Waals surface area contributed by atoms with Crippen LogP contribution in [-0.4, -0.2) is 11.1 Å². The van der Waals surface area contributed by atoms with Crippen molar-refractivity contribution in [2.45, 2.75) is 20.0 Å². The summed E-state index contributed by atoms with van der Waals surface area (Å²) in [6.45, 7) is 3.90. The smallest absolute Gasteiger partial charge is 0.166 e. The molecule has 0 aliphatic rings. The number of ether oxygens (including phenoxy) is 1. The van der Waals surface area contributed by atoms with Gasteiger partial charge in [-0.3, -0.25) is 0 Å². The monoisotopic (exact) mass is 188 g/mol. The first-order valence-electron chi connectivity index (χ1n) is 3.57. The Kier molecular flexibility index (Phi) is 4.44. The van der Waals surface area contributed by atoms with Crippen LogP contribution in [0.2, 0.25) is 0 Å². The molecule has 0 fully saturated rings. The minimum absolute atomic E-state index is 0. The second kappa shape index (κ2) is 4.83. The minimum atomic E-state index is 0. The van der Waals surface area contributed by atoms with Crippen LogP contribution in [0.5, 0.6) is 5.75 Å². The lowest BCUT2D eigenvalue weighted by atomic mass is 10.4. The Morgan fingerprint density at radius 3 is 2.67 bits per heavy atom. The third-order valence-corrected chi connectivity index (χ3v) is 1.16. The van der Waals surface area contributed by atoms with Crippen LogP contribution in [0.1, 0.15) is 13.8 Å².